The molecule has 0 atom stereocenters. The van der Waals surface area contributed by atoms with Crippen LogP contribution in [0.2, 0.25) is 5.02 Å². The number of ether oxygens (including phenoxy) is 1. The third-order valence-electron chi connectivity index (χ3n) is 5.16. The second-order valence-electron chi connectivity index (χ2n) is 8.27. The fraction of sp³-hybridized carbons (Fsp3) is 0.160. The zero-order valence-corrected chi connectivity index (χ0v) is 20.3. The SMILES string of the molecule is Cc1cc(NC(=O)C(C)(C)Oc2ccc(Cl)cc2)n(-c2nc(-c3cc4ccccc4o3)cs2)n1. The van der Waals surface area contributed by atoms with Gasteiger partial charge < -0.3 is 14.5 Å². The summed E-state index contributed by atoms with van der Waals surface area (Å²) in [5.74, 6) is 1.40. The first-order chi connectivity index (χ1) is 16.3. The summed E-state index contributed by atoms with van der Waals surface area (Å²) < 4.78 is 13.5. The van der Waals surface area contributed by atoms with Gasteiger partial charge in [0, 0.05) is 21.9 Å². The Morgan fingerprint density at radius 3 is 2.68 bits per heavy atom. The highest BCUT2D eigenvalue weighted by atomic mass is 35.5. The van der Waals surface area contributed by atoms with Crippen molar-refractivity contribution >= 4 is 45.6 Å². The fourth-order valence-electron chi connectivity index (χ4n) is 3.43. The number of nitrogens with one attached hydrogen (secondary N) is 1. The molecule has 3 aromatic heterocycles. The van der Waals surface area contributed by atoms with Gasteiger partial charge in [0.1, 0.15) is 22.8 Å². The van der Waals surface area contributed by atoms with E-state index >= 15 is 0 Å². The zero-order chi connectivity index (χ0) is 23.9. The summed E-state index contributed by atoms with van der Waals surface area (Å²) in [4.78, 5) is 17.8. The van der Waals surface area contributed by atoms with Gasteiger partial charge in [-0.3, -0.25) is 4.79 Å². The molecule has 0 aliphatic rings. The number of aryl methyl sites for hydroxylation is 1. The number of hydrogen-bond donors (Lipinski definition) is 1. The topological polar surface area (TPSA) is 82.2 Å². The largest absolute Gasteiger partial charge is 0.478 e. The number of benzene rings is 2. The Hall–Kier alpha value is -3.62. The van der Waals surface area contributed by atoms with Crippen molar-refractivity contribution in [1.29, 1.82) is 0 Å². The predicted octanol–water partition coefficient (Wildman–Crippen LogP) is 6.50. The quantitative estimate of drug-likeness (QED) is 0.292. The minimum absolute atomic E-state index is 0.322. The zero-order valence-electron chi connectivity index (χ0n) is 18.7. The number of rotatable bonds is 6. The standard InChI is InChI=1S/C25H21ClN4O3S/c1-15-12-22(28-23(31)25(2,3)33-18-10-8-17(26)9-11-18)30(29-15)24-27-19(14-34-24)21-13-16-6-4-5-7-20(16)32-21/h4-14H,1-3H3,(H,28,31). The lowest BCUT2D eigenvalue weighted by atomic mass is 10.1. The van der Waals surface area contributed by atoms with E-state index in [9.17, 15) is 4.79 Å². The van der Waals surface area contributed by atoms with E-state index in [1.807, 2.05) is 42.6 Å². The smallest absolute Gasteiger partial charge is 0.269 e. The van der Waals surface area contributed by atoms with Crippen molar-refractivity contribution in [3.05, 3.63) is 76.8 Å². The van der Waals surface area contributed by atoms with Gasteiger partial charge >= 0.3 is 0 Å². The van der Waals surface area contributed by atoms with Crippen molar-refractivity contribution in [1.82, 2.24) is 14.8 Å². The van der Waals surface area contributed by atoms with E-state index in [1.165, 1.54) is 11.3 Å². The van der Waals surface area contributed by atoms with Crippen LogP contribution in [0.4, 0.5) is 5.82 Å². The van der Waals surface area contributed by atoms with Gasteiger partial charge in [-0.1, -0.05) is 29.8 Å². The van der Waals surface area contributed by atoms with Crippen molar-refractivity contribution in [2.45, 2.75) is 26.4 Å². The van der Waals surface area contributed by atoms with Crippen LogP contribution in [-0.2, 0) is 4.79 Å². The second-order valence-corrected chi connectivity index (χ2v) is 9.54. The molecule has 3 heterocycles. The number of carbonyl (C=O) groups is 1. The molecule has 1 N–H and O–H groups in total. The number of furan rings is 1. The van der Waals surface area contributed by atoms with Gasteiger partial charge in [0.15, 0.2) is 11.4 Å². The number of aromatic nitrogens is 3. The molecule has 0 aliphatic carbocycles. The number of hydrogen-bond acceptors (Lipinski definition) is 6. The van der Waals surface area contributed by atoms with Gasteiger partial charge in [-0.25, -0.2) is 4.98 Å². The molecule has 0 unspecified atom stereocenters. The predicted molar refractivity (Wildman–Crippen MR) is 134 cm³/mol. The van der Waals surface area contributed by atoms with Crippen molar-refractivity contribution < 1.29 is 13.9 Å². The Kier molecular flexibility index (Phi) is 5.63. The minimum atomic E-state index is -1.14. The lowest BCUT2D eigenvalue weighted by molar-refractivity contribution is -0.128. The van der Waals surface area contributed by atoms with Crippen LogP contribution < -0.4 is 10.1 Å². The molecule has 172 valence electrons. The van der Waals surface area contributed by atoms with E-state index in [2.05, 4.69) is 10.4 Å². The number of fused-ring (bicyclic) bond motifs is 1. The number of carbonyl (C=O) groups excluding carboxylic acids is 1. The average molecular weight is 493 g/mol. The van der Waals surface area contributed by atoms with Gasteiger partial charge in [0.05, 0.1) is 5.69 Å². The van der Waals surface area contributed by atoms with Gasteiger partial charge in [0.25, 0.3) is 5.91 Å². The first kappa shape index (κ1) is 22.2. The van der Waals surface area contributed by atoms with E-state index in [-0.39, 0.29) is 5.91 Å². The number of para-hydroxylation sites is 1. The Bertz CT molecular complexity index is 1450. The average Bonchev–Trinajstić information content (AvgIpc) is 3.52. The highest BCUT2D eigenvalue weighted by Gasteiger charge is 2.31. The number of anilines is 1. The first-order valence-corrected chi connectivity index (χ1v) is 11.8. The van der Waals surface area contributed by atoms with Crippen LogP contribution in [0.25, 0.3) is 27.6 Å². The number of halogens is 1. The van der Waals surface area contributed by atoms with Gasteiger partial charge in [0.2, 0.25) is 5.13 Å². The molecule has 7 nitrogen and oxygen atoms in total. The minimum Gasteiger partial charge on any atom is -0.478 e. The summed E-state index contributed by atoms with van der Waals surface area (Å²) in [6.07, 6.45) is 0. The van der Waals surface area contributed by atoms with E-state index in [4.69, 9.17) is 25.7 Å². The lowest BCUT2D eigenvalue weighted by Crippen LogP contribution is -2.42. The van der Waals surface area contributed by atoms with E-state index in [0.29, 0.717) is 33.2 Å². The van der Waals surface area contributed by atoms with Crippen LogP contribution in [0.3, 0.4) is 0 Å². The molecule has 34 heavy (non-hydrogen) atoms. The molecule has 0 saturated carbocycles. The van der Waals surface area contributed by atoms with Gasteiger partial charge in [-0.05, 0) is 57.2 Å². The van der Waals surface area contributed by atoms with E-state index < -0.39 is 5.60 Å². The lowest BCUT2D eigenvalue weighted by Gasteiger charge is -2.25. The van der Waals surface area contributed by atoms with Crippen LogP contribution in [0, 0.1) is 6.92 Å². The molecular weight excluding hydrogens is 472 g/mol. The molecule has 5 aromatic rings. The normalized spacial score (nSPS) is 11.6. The summed E-state index contributed by atoms with van der Waals surface area (Å²) in [5.41, 5.74) is 1.11. The van der Waals surface area contributed by atoms with Crippen LogP contribution in [-0.4, -0.2) is 26.3 Å². The highest BCUT2D eigenvalue weighted by Crippen LogP contribution is 2.31. The summed E-state index contributed by atoms with van der Waals surface area (Å²) in [5, 5.41) is 11.6. The Morgan fingerprint density at radius 2 is 1.91 bits per heavy atom. The molecular formula is C25H21ClN4O3S. The van der Waals surface area contributed by atoms with E-state index in [0.717, 1.165) is 16.7 Å². The maximum Gasteiger partial charge on any atom is 0.269 e. The third-order valence-corrected chi connectivity index (χ3v) is 6.23. The molecule has 0 saturated heterocycles. The summed E-state index contributed by atoms with van der Waals surface area (Å²) >= 11 is 7.34. The maximum absolute atomic E-state index is 13.1. The van der Waals surface area contributed by atoms with Crippen molar-refractivity contribution in [3.8, 4) is 22.3 Å². The van der Waals surface area contributed by atoms with Crippen molar-refractivity contribution in [2.24, 2.45) is 0 Å². The molecule has 0 radical (unpaired) electrons. The summed E-state index contributed by atoms with van der Waals surface area (Å²) in [6.45, 7) is 5.26. The van der Waals surface area contributed by atoms with Crippen LogP contribution in [0.15, 0.2) is 70.5 Å². The molecule has 0 spiro atoms. The highest BCUT2D eigenvalue weighted by molar-refractivity contribution is 7.12. The summed E-state index contributed by atoms with van der Waals surface area (Å²) in [6, 6.07) is 18.4. The number of amides is 1. The fourth-order valence-corrected chi connectivity index (χ4v) is 4.33. The van der Waals surface area contributed by atoms with Crippen molar-refractivity contribution in [2.75, 3.05) is 5.32 Å². The molecule has 1 amide bonds. The monoisotopic (exact) mass is 492 g/mol. The molecule has 0 fully saturated rings. The molecule has 0 bridgehead atoms. The third kappa shape index (κ3) is 4.42. The van der Waals surface area contributed by atoms with Gasteiger partial charge in [-0.15, -0.1) is 11.3 Å². The molecule has 5 rings (SSSR count). The number of nitrogens with zero attached hydrogens (tertiary/aromatic N) is 3. The molecule has 2 aromatic carbocycles. The Morgan fingerprint density at radius 1 is 1.15 bits per heavy atom. The Labute approximate surface area is 204 Å². The maximum atomic E-state index is 13.1. The first-order valence-electron chi connectivity index (χ1n) is 10.6. The molecule has 9 heteroatoms. The van der Waals surface area contributed by atoms with Crippen LogP contribution >= 0.6 is 22.9 Å². The van der Waals surface area contributed by atoms with Crippen molar-refractivity contribution in [3.63, 3.8) is 0 Å². The van der Waals surface area contributed by atoms with Crippen LogP contribution in [0.1, 0.15) is 19.5 Å². The van der Waals surface area contributed by atoms with Crippen LogP contribution in [0.5, 0.6) is 5.75 Å². The summed E-state index contributed by atoms with van der Waals surface area (Å²) in [7, 11) is 0. The second kappa shape index (κ2) is 8.62. The van der Waals surface area contributed by atoms with Gasteiger partial charge in [-0.2, -0.15) is 9.78 Å². The Balaban J connectivity index is 1.38. The van der Waals surface area contributed by atoms with E-state index in [1.54, 1.807) is 48.9 Å². The molecule has 0 aliphatic heterocycles. The number of thiazole rings is 1.